The van der Waals surface area contributed by atoms with Gasteiger partial charge in [0.15, 0.2) is 0 Å². The number of alkyl halides is 2. The fraction of sp³-hybridized carbons (Fsp3) is 0.857. The molecule has 1 aliphatic rings. The van der Waals surface area contributed by atoms with Crippen LogP contribution in [0.15, 0.2) is 0 Å². The third kappa shape index (κ3) is 4.28. The van der Waals surface area contributed by atoms with Crippen LogP contribution < -0.4 is 0 Å². The minimum Gasteiger partial charge on any atom is -0.465 e. The van der Waals surface area contributed by atoms with Gasteiger partial charge >= 0.3 is 12.1 Å². The molecule has 1 fully saturated rings. The summed E-state index contributed by atoms with van der Waals surface area (Å²) in [5.74, 6) is -0.885. The summed E-state index contributed by atoms with van der Waals surface area (Å²) < 4.78 is 36.6. The normalized spacial score (nSPS) is 18.5. The van der Waals surface area contributed by atoms with Gasteiger partial charge in [-0.15, -0.1) is 0 Å². The van der Waals surface area contributed by atoms with Gasteiger partial charge < -0.3 is 14.4 Å². The molecule has 122 valence electrons. The maximum atomic E-state index is 13.3. The smallest absolute Gasteiger partial charge is 0.410 e. The second-order valence-electron chi connectivity index (χ2n) is 6.14. The van der Waals surface area contributed by atoms with Crippen LogP contribution in [0.1, 0.15) is 40.5 Å². The molecule has 0 aromatic carbocycles. The zero-order chi connectivity index (χ0) is 16.3. The maximum Gasteiger partial charge on any atom is 0.410 e. The lowest BCUT2D eigenvalue weighted by molar-refractivity contribution is -0.171. The molecule has 0 unspecified atom stereocenters. The highest BCUT2D eigenvalue weighted by molar-refractivity contribution is 5.78. The average Bonchev–Trinajstić information content (AvgIpc) is 2.36. The van der Waals surface area contributed by atoms with Gasteiger partial charge in [0.25, 0.3) is 6.43 Å². The molecule has 0 N–H and O–H groups in total. The number of hydrogen-bond donors (Lipinski definition) is 0. The van der Waals surface area contributed by atoms with Crippen LogP contribution >= 0.6 is 0 Å². The zero-order valence-electron chi connectivity index (χ0n) is 12.9. The Morgan fingerprint density at radius 3 is 2.14 bits per heavy atom. The Morgan fingerprint density at radius 1 is 1.24 bits per heavy atom. The minimum atomic E-state index is -2.81. The zero-order valence-corrected chi connectivity index (χ0v) is 12.9. The Balaban J connectivity index is 2.71. The van der Waals surface area contributed by atoms with Crippen molar-refractivity contribution in [2.24, 2.45) is 5.41 Å². The second kappa shape index (κ2) is 6.58. The molecule has 5 nitrogen and oxygen atoms in total. The number of halogens is 2. The summed E-state index contributed by atoms with van der Waals surface area (Å²) in [6, 6.07) is 0. The van der Waals surface area contributed by atoms with Crippen molar-refractivity contribution in [1.82, 2.24) is 4.90 Å². The Hall–Kier alpha value is -1.40. The summed E-state index contributed by atoms with van der Waals surface area (Å²) in [5.41, 5.74) is -2.45. The molecule has 1 amide bonds. The Morgan fingerprint density at radius 2 is 1.76 bits per heavy atom. The molecule has 1 saturated heterocycles. The number of nitrogens with zero attached hydrogens (tertiary/aromatic N) is 1. The van der Waals surface area contributed by atoms with Crippen LogP contribution in [0.2, 0.25) is 0 Å². The van der Waals surface area contributed by atoms with E-state index in [-0.39, 0.29) is 32.5 Å². The van der Waals surface area contributed by atoms with E-state index in [1.807, 2.05) is 0 Å². The third-order valence-corrected chi connectivity index (χ3v) is 3.41. The average molecular weight is 307 g/mol. The molecule has 1 rings (SSSR count). The van der Waals surface area contributed by atoms with Crippen molar-refractivity contribution in [3.05, 3.63) is 0 Å². The predicted molar refractivity (Wildman–Crippen MR) is 72.1 cm³/mol. The van der Waals surface area contributed by atoms with E-state index in [0.717, 1.165) is 0 Å². The molecule has 21 heavy (non-hydrogen) atoms. The van der Waals surface area contributed by atoms with Gasteiger partial charge in [0, 0.05) is 13.1 Å². The van der Waals surface area contributed by atoms with E-state index in [0.29, 0.717) is 0 Å². The number of esters is 1. The highest BCUT2D eigenvalue weighted by Crippen LogP contribution is 2.39. The van der Waals surface area contributed by atoms with Gasteiger partial charge in [0.1, 0.15) is 11.0 Å². The van der Waals surface area contributed by atoms with E-state index in [9.17, 15) is 18.4 Å². The number of ether oxygens (including phenoxy) is 2. The van der Waals surface area contributed by atoms with Crippen LogP contribution in [0, 0.1) is 5.41 Å². The first-order valence-electron chi connectivity index (χ1n) is 7.05. The van der Waals surface area contributed by atoms with E-state index in [2.05, 4.69) is 0 Å². The summed E-state index contributed by atoms with van der Waals surface area (Å²) >= 11 is 0. The lowest BCUT2D eigenvalue weighted by atomic mass is 9.78. The number of amides is 1. The number of carbonyl (C=O) groups is 2. The molecule has 7 heteroatoms. The summed E-state index contributed by atoms with van der Waals surface area (Å²) in [6.07, 6.45) is -3.60. The number of rotatable bonds is 3. The highest BCUT2D eigenvalue weighted by atomic mass is 19.3. The first-order chi connectivity index (χ1) is 9.62. The van der Waals surface area contributed by atoms with Crippen molar-refractivity contribution in [1.29, 1.82) is 0 Å². The van der Waals surface area contributed by atoms with Crippen LogP contribution in [0.4, 0.5) is 13.6 Å². The minimum absolute atomic E-state index is 0.0536. The monoisotopic (exact) mass is 307 g/mol. The molecule has 0 saturated carbocycles. The van der Waals surface area contributed by atoms with Crippen molar-refractivity contribution in [2.45, 2.75) is 52.6 Å². The quantitative estimate of drug-likeness (QED) is 0.752. The van der Waals surface area contributed by atoms with Gasteiger partial charge in [-0.2, -0.15) is 0 Å². The van der Waals surface area contributed by atoms with Gasteiger partial charge in [-0.1, -0.05) is 0 Å². The molecule has 1 aliphatic heterocycles. The van der Waals surface area contributed by atoms with Crippen molar-refractivity contribution in [2.75, 3.05) is 19.7 Å². The summed E-state index contributed by atoms with van der Waals surface area (Å²) in [7, 11) is 0. The van der Waals surface area contributed by atoms with Crippen molar-refractivity contribution in [3.63, 3.8) is 0 Å². The van der Waals surface area contributed by atoms with E-state index in [4.69, 9.17) is 9.47 Å². The number of hydrogen-bond acceptors (Lipinski definition) is 4. The molecule has 0 aromatic heterocycles. The molecule has 0 bridgehead atoms. The fourth-order valence-electron chi connectivity index (χ4n) is 2.20. The standard InChI is InChI=1S/C14H23F2NO4/c1-5-20-11(18)14(10(15)16)6-8-17(9-7-14)12(19)21-13(2,3)4/h10H,5-9H2,1-4H3. The number of likely N-dealkylation sites (tertiary alicyclic amines) is 1. The van der Waals surface area contributed by atoms with Gasteiger partial charge in [-0.05, 0) is 40.5 Å². The largest absolute Gasteiger partial charge is 0.465 e. The van der Waals surface area contributed by atoms with Gasteiger partial charge in [-0.3, -0.25) is 4.79 Å². The van der Waals surface area contributed by atoms with Gasteiger partial charge in [0.05, 0.1) is 6.61 Å². The summed E-state index contributed by atoms with van der Waals surface area (Å²) in [4.78, 5) is 25.1. The van der Waals surface area contributed by atoms with E-state index < -0.39 is 29.5 Å². The Kier molecular flexibility index (Phi) is 5.53. The van der Waals surface area contributed by atoms with E-state index in [1.54, 1.807) is 27.7 Å². The van der Waals surface area contributed by atoms with Crippen LogP contribution in [0.25, 0.3) is 0 Å². The van der Waals surface area contributed by atoms with Crippen LogP contribution in [0.5, 0.6) is 0 Å². The molecule has 0 spiro atoms. The Labute approximate surface area is 123 Å². The molecule has 0 radical (unpaired) electrons. The van der Waals surface area contributed by atoms with E-state index in [1.165, 1.54) is 4.90 Å². The summed E-state index contributed by atoms with van der Waals surface area (Å²) in [5, 5.41) is 0. The first kappa shape index (κ1) is 17.7. The third-order valence-electron chi connectivity index (χ3n) is 3.41. The topological polar surface area (TPSA) is 55.8 Å². The SMILES string of the molecule is CCOC(=O)C1(C(F)F)CCN(C(=O)OC(C)(C)C)CC1. The lowest BCUT2D eigenvalue weighted by Crippen LogP contribution is -2.51. The van der Waals surface area contributed by atoms with Crippen LogP contribution in [-0.4, -0.2) is 48.7 Å². The number of carbonyl (C=O) groups excluding carboxylic acids is 2. The van der Waals surface area contributed by atoms with Gasteiger partial charge in [-0.25, -0.2) is 13.6 Å². The molecule has 0 atom stereocenters. The van der Waals surface area contributed by atoms with Crippen LogP contribution in [-0.2, 0) is 14.3 Å². The van der Waals surface area contributed by atoms with E-state index >= 15 is 0 Å². The molecule has 0 aromatic rings. The molecule has 1 heterocycles. The fourth-order valence-corrected chi connectivity index (χ4v) is 2.20. The van der Waals surface area contributed by atoms with Crippen molar-refractivity contribution < 1.29 is 27.8 Å². The lowest BCUT2D eigenvalue weighted by Gasteiger charge is -2.39. The predicted octanol–water partition coefficient (Wildman–Crippen LogP) is 2.83. The van der Waals surface area contributed by atoms with Crippen molar-refractivity contribution >= 4 is 12.1 Å². The Bertz CT molecular complexity index is 385. The van der Waals surface area contributed by atoms with Gasteiger partial charge in [0.2, 0.25) is 0 Å². The second-order valence-corrected chi connectivity index (χ2v) is 6.14. The maximum absolute atomic E-state index is 13.3. The highest BCUT2D eigenvalue weighted by Gasteiger charge is 2.51. The summed E-state index contributed by atoms with van der Waals surface area (Å²) in [6.45, 7) is 6.94. The molecular weight excluding hydrogens is 284 g/mol. The number of piperidine rings is 1. The van der Waals surface area contributed by atoms with Crippen LogP contribution in [0.3, 0.4) is 0 Å². The molecule has 0 aliphatic carbocycles. The first-order valence-corrected chi connectivity index (χ1v) is 7.05. The molecular formula is C14H23F2NO4. The van der Waals surface area contributed by atoms with Crippen molar-refractivity contribution in [3.8, 4) is 0 Å².